The predicted molar refractivity (Wildman–Crippen MR) is 128 cm³/mol. The van der Waals surface area contributed by atoms with E-state index in [1.165, 1.54) is 6.07 Å². The van der Waals surface area contributed by atoms with Gasteiger partial charge in [-0.15, -0.1) is 0 Å². The molecule has 2 aliphatic rings. The fourth-order valence-corrected chi connectivity index (χ4v) is 4.58. The molecule has 8 nitrogen and oxygen atoms in total. The molecule has 2 aliphatic heterocycles. The van der Waals surface area contributed by atoms with Crippen LogP contribution in [0.4, 0.5) is 0 Å². The van der Waals surface area contributed by atoms with Gasteiger partial charge in [0, 0.05) is 23.7 Å². The third-order valence-electron chi connectivity index (χ3n) is 5.51. The average molecular weight is 478 g/mol. The second-order valence-corrected chi connectivity index (χ2v) is 10.1. The Morgan fingerprint density at radius 3 is 2.50 bits per heavy atom. The zero-order valence-corrected chi connectivity index (χ0v) is 19.5. The summed E-state index contributed by atoms with van der Waals surface area (Å²) in [7, 11) is -3.47. The lowest BCUT2D eigenvalue weighted by Crippen LogP contribution is -2.06. The van der Waals surface area contributed by atoms with E-state index in [2.05, 4.69) is 4.98 Å². The van der Waals surface area contributed by atoms with E-state index in [9.17, 15) is 18.4 Å². The van der Waals surface area contributed by atoms with Gasteiger partial charge in [0.25, 0.3) is 0 Å². The van der Waals surface area contributed by atoms with Gasteiger partial charge in [-0.3, -0.25) is 0 Å². The lowest BCUT2D eigenvalue weighted by Gasteiger charge is -2.18. The average Bonchev–Trinajstić information content (AvgIpc) is 3.33. The molecule has 174 valence electrons. The van der Waals surface area contributed by atoms with Crippen molar-refractivity contribution in [3.63, 3.8) is 0 Å². The highest BCUT2D eigenvalue weighted by Gasteiger charge is 2.22. The topological polar surface area (TPSA) is 125 Å². The second kappa shape index (κ2) is 9.05. The molecule has 0 radical (unpaired) electrons. The Hall–Kier alpha value is -4.07. The number of sulfone groups is 1. The van der Waals surface area contributed by atoms with Crippen LogP contribution in [-0.2, 0) is 21.1 Å². The highest BCUT2D eigenvalue weighted by atomic mass is 32.2. The van der Waals surface area contributed by atoms with Crippen LogP contribution in [0, 0.1) is 6.92 Å². The largest absolute Gasteiger partial charge is 0.457 e. The molecular formula is C25H23N3O5S. The number of benzene rings is 2. The predicted octanol–water partition coefficient (Wildman–Crippen LogP) is 4.00. The Labute approximate surface area is 197 Å². The van der Waals surface area contributed by atoms with Crippen molar-refractivity contribution in [3.8, 4) is 34.0 Å². The number of fused-ring (bicyclic) bond motifs is 1. The van der Waals surface area contributed by atoms with Gasteiger partial charge < -0.3 is 15.7 Å². The van der Waals surface area contributed by atoms with Crippen molar-refractivity contribution in [1.82, 2.24) is 9.71 Å². The molecule has 0 saturated heterocycles. The smallest absolute Gasteiger partial charge is 0.178 e. The minimum atomic E-state index is -3.47. The van der Waals surface area contributed by atoms with Crippen LogP contribution in [0.25, 0.3) is 22.5 Å². The first-order valence-electron chi connectivity index (χ1n) is 10.5. The highest BCUT2D eigenvalue weighted by Crippen LogP contribution is 2.41. The molecule has 0 spiro atoms. The van der Waals surface area contributed by atoms with Gasteiger partial charge in [0.2, 0.25) is 0 Å². The maximum atomic E-state index is 12.6. The van der Waals surface area contributed by atoms with Gasteiger partial charge in [-0.1, -0.05) is 19.1 Å². The minimum absolute atomic E-state index is 0.0374. The molecule has 0 fully saturated rings. The van der Waals surface area contributed by atoms with Crippen molar-refractivity contribution < 1.29 is 23.2 Å². The van der Waals surface area contributed by atoms with E-state index in [1.807, 2.05) is 0 Å². The Balaban J connectivity index is 1.83. The molecule has 0 amide bonds. The summed E-state index contributed by atoms with van der Waals surface area (Å²) < 4.78 is 32.3. The zero-order chi connectivity index (χ0) is 24.5. The van der Waals surface area contributed by atoms with Crippen LogP contribution in [0.2, 0.25) is 0 Å². The maximum Gasteiger partial charge on any atom is 0.178 e. The molecule has 2 aromatic rings. The van der Waals surface area contributed by atoms with Crippen molar-refractivity contribution >= 4 is 15.8 Å². The van der Waals surface area contributed by atoms with Crippen molar-refractivity contribution in [1.29, 1.82) is 0 Å². The number of hydrogen-bond acceptors (Lipinski definition) is 7. The van der Waals surface area contributed by atoms with Crippen LogP contribution >= 0.6 is 0 Å². The zero-order valence-electron chi connectivity index (χ0n) is 18.6. The summed E-state index contributed by atoms with van der Waals surface area (Å²) in [5, 5.41) is 10.3. The summed E-state index contributed by atoms with van der Waals surface area (Å²) in [5.74, 6) is 2.95. The third kappa shape index (κ3) is 4.39. The fraction of sp³-hybridized carbons (Fsp3) is 0.160. The lowest BCUT2D eigenvalue weighted by molar-refractivity contribution is 0.180. The molecule has 2 heterocycles. The van der Waals surface area contributed by atoms with Gasteiger partial charge in [-0.25, -0.2) is 18.2 Å². The molecule has 0 aromatic heterocycles. The molecule has 0 saturated carbocycles. The molecule has 0 bridgehead atoms. The summed E-state index contributed by atoms with van der Waals surface area (Å²) in [5.41, 5.74) is 8.90. The summed E-state index contributed by atoms with van der Waals surface area (Å²) in [4.78, 5) is 15.0. The SMILES string of the molecule is CCS(=O)(=O)c1ccc(Oc2ccc(CC(N)=C=O)cc2)c(-c2cc(C)n(O)c3nccc2-3)c1. The first-order chi connectivity index (χ1) is 16.2. The number of allylic oxidation sites excluding steroid dienone is 1. The molecule has 0 atom stereocenters. The Morgan fingerprint density at radius 2 is 1.82 bits per heavy atom. The van der Waals surface area contributed by atoms with Crippen LogP contribution in [0.15, 0.2) is 71.4 Å². The molecule has 0 unspecified atom stereocenters. The monoisotopic (exact) mass is 477 g/mol. The number of ether oxygens (including phenoxy) is 1. The number of rotatable bonds is 7. The number of hydrogen-bond donors (Lipinski definition) is 2. The second-order valence-electron chi connectivity index (χ2n) is 7.80. The Morgan fingerprint density at radius 1 is 1.09 bits per heavy atom. The van der Waals surface area contributed by atoms with Crippen molar-refractivity contribution in [2.75, 3.05) is 5.75 Å². The van der Waals surface area contributed by atoms with E-state index in [0.717, 1.165) is 10.3 Å². The van der Waals surface area contributed by atoms with Gasteiger partial charge in [-0.2, -0.15) is 4.73 Å². The van der Waals surface area contributed by atoms with Crippen molar-refractivity contribution in [2.45, 2.75) is 25.2 Å². The Kier molecular flexibility index (Phi) is 6.15. The van der Waals surface area contributed by atoms with Gasteiger partial charge in [0.1, 0.15) is 17.4 Å². The van der Waals surface area contributed by atoms with Crippen LogP contribution < -0.4 is 10.5 Å². The molecular weight excluding hydrogens is 454 g/mol. The number of aryl methyl sites for hydroxylation is 1. The lowest BCUT2D eigenvalue weighted by atomic mass is 9.98. The maximum absolute atomic E-state index is 12.6. The summed E-state index contributed by atoms with van der Waals surface area (Å²) in [6, 6.07) is 15.3. The summed E-state index contributed by atoms with van der Waals surface area (Å²) >= 11 is 0. The normalized spacial score (nSPS) is 11.4. The van der Waals surface area contributed by atoms with Crippen molar-refractivity contribution in [2.24, 2.45) is 5.73 Å². The van der Waals surface area contributed by atoms with Crippen molar-refractivity contribution in [3.05, 3.63) is 77.7 Å². The number of aromatic nitrogens is 2. The molecule has 3 N–H and O–H groups in total. The van der Waals surface area contributed by atoms with Gasteiger partial charge in [0.15, 0.2) is 15.7 Å². The summed E-state index contributed by atoms with van der Waals surface area (Å²) in [6.45, 7) is 3.32. The van der Waals surface area contributed by atoms with Crippen LogP contribution in [-0.4, -0.2) is 35.0 Å². The number of pyridine rings is 1. The molecule has 4 rings (SSSR count). The van der Waals surface area contributed by atoms with Gasteiger partial charge in [0.05, 0.1) is 22.0 Å². The van der Waals surface area contributed by atoms with Gasteiger partial charge >= 0.3 is 0 Å². The van der Waals surface area contributed by atoms with Crippen LogP contribution in [0.3, 0.4) is 0 Å². The highest BCUT2D eigenvalue weighted by molar-refractivity contribution is 7.91. The number of nitrogens with zero attached hydrogens (tertiary/aromatic N) is 2. The Bertz CT molecular complexity index is 1480. The first-order valence-corrected chi connectivity index (χ1v) is 12.2. The summed E-state index contributed by atoms with van der Waals surface area (Å²) in [6.07, 6.45) is 1.86. The standard InChI is InChI=1S/C25H23N3O5S/c1-3-34(31,32)20-8-9-24(33-19-6-4-17(5-7-19)13-18(26)15-29)23(14-20)22-12-16(2)28(30)25-21(22)10-11-27-25/h4-12,14,30H,3,13,26H2,1-2H3. The first kappa shape index (κ1) is 23.1. The van der Waals surface area contributed by atoms with Gasteiger partial charge in [-0.05, 0) is 60.5 Å². The number of carbonyl (C=O) groups excluding carboxylic acids is 1. The molecule has 0 aliphatic carbocycles. The fourth-order valence-electron chi connectivity index (χ4n) is 3.67. The van der Waals surface area contributed by atoms with E-state index in [1.54, 1.807) is 74.5 Å². The minimum Gasteiger partial charge on any atom is -0.457 e. The third-order valence-corrected chi connectivity index (χ3v) is 7.25. The van der Waals surface area contributed by atoms with E-state index in [4.69, 9.17) is 10.5 Å². The van der Waals surface area contributed by atoms with E-state index in [0.29, 0.717) is 39.7 Å². The molecule has 9 heteroatoms. The number of nitrogens with two attached hydrogens (primary N) is 1. The molecule has 34 heavy (non-hydrogen) atoms. The van der Waals surface area contributed by atoms with E-state index < -0.39 is 9.84 Å². The van der Waals surface area contributed by atoms with E-state index >= 15 is 0 Å². The van der Waals surface area contributed by atoms with Crippen LogP contribution in [0.5, 0.6) is 11.5 Å². The quantitative estimate of drug-likeness (QED) is 0.304. The van der Waals surface area contributed by atoms with Crippen LogP contribution in [0.1, 0.15) is 18.2 Å². The molecule has 2 aromatic carbocycles. The van der Waals surface area contributed by atoms with E-state index in [-0.39, 0.29) is 22.8 Å².